The molecular formula is C21H23N3O3. The molecule has 2 aromatic heterocycles. The van der Waals surface area contributed by atoms with Gasteiger partial charge in [0.2, 0.25) is 0 Å². The topological polar surface area (TPSA) is 88.2 Å². The Morgan fingerprint density at radius 2 is 1.93 bits per heavy atom. The standard InChI is InChI=1S/C21H23N3O3/c1-13-5-7-15(8-6-13)17-11-16(18-14(2)24-27-20(18)22-17)19(26)23-21(12-25)9-3-4-10-21/h5-8,11,25H,3-4,9-10,12H2,1-2H3,(H,23,26). The van der Waals surface area contributed by atoms with E-state index >= 15 is 0 Å². The molecule has 0 aliphatic heterocycles. The molecule has 1 aliphatic rings. The maximum absolute atomic E-state index is 13.1. The van der Waals surface area contributed by atoms with Gasteiger partial charge in [-0.1, -0.05) is 47.8 Å². The summed E-state index contributed by atoms with van der Waals surface area (Å²) in [5.41, 5.74) is 3.63. The molecule has 6 nitrogen and oxygen atoms in total. The summed E-state index contributed by atoms with van der Waals surface area (Å²) in [4.78, 5) is 17.7. The Morgan fingerprint density at radius 1 is 1.22 bits per heavy atom. The van der Waals surface area contributed by atoms with E-state index in [4.69, 9.17) is 4.52 Å². The summed E-state index contributed by atoms with van der Waals surface area (Å²) in [5.74, 6) is -0.224. The summed E-state index contributed by atoms with van der Waals surface area (Å²) in [6, 6.07) is 9.74. The van der Waals surface area contributed by atoms with Crippen molar-refractivity contribution >= 4 is 17.0 Å². The lowest BCUT2D eigenvalue weighted by Gasteiger charge is -2.28. The number of carbonyl (C=O) groups is 1. The van der Waals surface area contributed by atoms with E-state index in [1.807, 2.05) is 31.2 Å². The van der Waals surface area contributed by atoms with Gasteiger partial charge in [-0.2, -0.15) is 0 Å². The Morgan fingerprint density at radius 3 is 2.59 bits per heavy atom. The summed E-state index contributed by atoms with van der Waals surface area (Å²) in [7, 11) is 0. The number of carbonyl (C=O) groups excluding carboxylic acids is 1. The molecule has 0 unspecified atom stereocenters. The predicted molar refractivity (Wildman–Crippen MR) is 102 cm³/mol. The van der Waals surface area contributed by atoms with E-state index < -0.39 is 5.54 Å². The second kappa shape index (κ2) is 6.78. The zero-order chi connectivity index (χ0) is 19.0. The zero-order valence-corrected chi connectivity index (χ0v) is 15.6. The minimum absolute atomic E-state index is 0.0552. The second-order valence-electron chi connectivity index (χ2n) is 7.47. The number of hydrogen-bond acceptors (Lipinski definition) is 5. The zero-order valence-electron chi connectivity index (χ0n) is 15.6. The summed E-state index contributed by atoms with van der Waals surface area (Å²) in [6.45, 7) is 3.77. The van der Waals surface area contributed by atoms with Gasteiger partial charge in [-0.3, -0.25) is 4.79 Å². The molecule has 1 aromatic carbocycles. The van der Waals surface area contributed by atoms with Crippen molar-refractivity contribution in [1.29, 1.82) is 0 Å². The molecule has 0 radical (unpaired) electrons. The lowest BCUT2D eigenvalue weighted by Crippen LogP contribution is -2.49. The molecule has 0 bridgehead atoms. The highest BCUT2D eigenvalue weighted by atomic mass is 16.5. The lowest BCUT2D eigenvalue weighted by molar-refractivity contribution is 0.0840. The molecule has 3 aromatic rings. The molecule has 1 saturated carbocycles. The minimum Gasteiger partial charge on any atom is -0.394 e. The van der Waals surface area contributed by atoms with Crippen LogP contribution in [0.5, 0.6) is 0 Å². The van der Waals surface area contributed by atoms with Gasteiger partial charge in [0.1, 0.15) is 0 Å². The average Bonchev–Trinajstić information content (AvgIpc) is 3.29. The Kier molecular flexibility index (Phi) is 4.44. The van der Waals surface area contributed by atoms with Gasteiger partial charge in [-0.05, 0) is 32.8 Å². The maximum Gasteiger partial charge on any atom is 0.259 e. The Balaban J connectivity index is 1.79. The van der Waals surface area contributed by atoms with Gasteiger partial charge in [0.05, 0.1) is 34.5 Å². The van der Waals surface area contributed by atoms with Crippen LogP contribution in [0.25, 0.3) is 22.4 Å². The lowest BCUT2D eigenvalue weighted by atomic mass is 9.97. The van der Waals surface area contributed by atoms with Gasteiger partial charge in [0.15, 0.2) is 0 Å². The molecule has 0 saturated heterocycles. The summed E-state index contributed by atoms with van der Waals surface area (Å²) < 4.78 is 5.36. The molecule has 0 atom stereocenters. The van der Waals surface area contributed by atoms with Gasteiger partial charge < -0.3 is 14.9 Å². The average molecular weight is 365 g/mol. The van der Waals surface area contributed by atoms with Gasteiger partial charge in [-0.25, -0.2) is 4.98 Å². The number of rotatable bonds is 4. The highest BCUT2D eigenvalue weighted by molar-refractivity contribution is 6.07. The first-order chi connectivity index (χ1) is 13.0. The SMILES string of the molecule is Cc1ccc(-c2cc(C(=O)NC3(CO)CCCC3)c3c(C)noc3n2)cc1. The van der Waals surface area contributed by atoms with Crippen molar-refractivity contribution in [3.63, 3.8) is 0 Å². The number of aliphatic hydroxyl groups excluding tert-OH is 1. The predicted octanol–water partition coefficient (Wildman–Crippen LogP) is 3.54. The number of pyridine rings is 1. The Bertz CT molecular complexity index is 986. The molecule has 0 spiro atoms. The van der Waals surface area contributed by atoms with Crippen molar-refractivity contribution in [2.45, 2.75) is 45.1 Å². The van der Waals surface area contributed by atoms with Crippen LogP contribution in [0, 0.1) is 13.8 Å². The summed E-state index contributed by atoms with van der Waals surface area (Å²) in [5, 5.41) is 17.5. The van der Waals surface area contributed by atoms with Crippen molar-refractivity contribution in [2.24, 2.45) is 0 Å². The number of aliphatic hydroxyl groups is 1. The van der Waals surface area contributed by atoms with Crippen LogP contribution in [-0.4, -0.2) is 33.3 Å². The van der Waals surface area contributed by atoms with E-state index in [1.165, 1.54) is 0 Å². The van der Waals surface area contributed by atoms with Crippen LogP contribution in [0.1, 0.15) is 47.3 Å². The van der Waals surface area contributed by atoms with Gasteiger partial charge in [0, 0.05) is 5.56 Å². The van der Waals surface area contributed by atoms with Crippen LogP contribution >= 0.6 is 0 Å². The molecule has 2 heterocycles. The first-order valence-electron chi connectivity index (χ1n) is 9.29. The van der Waals surface area contributed by atoms with Crippen molar-refractivity contribution in [3.05, 3.63) is 47.2 Å². The van der Waals surface area contributed by atoms with Crippen LogP contribution in [0.3, 0.4) is 0 Å². The summed E-state index contributed by atoms with van der Waals surface area (Å²) >= 11 is 0. The number of nitrogens with zero attached hydrogens (tertiary/aromatic N) is 2. The monoisotopic (exact) mass is 365 g/mol. The third-order valence-corrected chi connectivity index (χ3v) is 5.45. The summed E-state index contributed by atoms with van der Waals surface area (Å²) in [6.07, 6.45) is 3.59. The fraction of sp³-hybridized carbons (Fsp3) is 0.381. The molecular weight excluding hydrogens is 342 g/mol. The van der Waals surface area contributed by atoms with E-state index in [2.05, 4.69) is 15.5 Å². The van der Waals surface area contributed by atoms with Gasteiger partial charge in [-0.15, -0.1) is 0 Å². The van der Waals surface area contributed by atoms with Crippen LogP contribution in [0.2, 0.25) is 0 Å². The molecule has 1 amide bonds. The van der Waals surface area contributed by atoms with Gasteiger partial charge >= 0.3 is 0 Å². The number of hydrogen-bond donors (Lipinski definition) is 2. The maximum atomic E-state index is 13.1. The second-order valence-corrected chi connectivity index (χ2v) is 7.47. The molecule has 4 rings (SSSR count). The van der Waals surface area contributed by atoms with Crippen LogP contribution in [0.15, 0.2) is 34.9 Å². The first-order valence-corrected chi connectivity index (χ1v) is 9.29. The van der Waals surface area contributed by atoms with Crippen LogP contribution in [-0.2, 0) is 0 Å². The Hall–Kier alpha value is -2.73. The molecule has 140 valence electrons. The van der Waals surface area contributed by atoms with E-state index in [-0.39, 0.29) is 12.5 Å². The normalized spacial score (nSPS) is 16.0. The number of fused-ring (bicyclic) bond motifs is 1. The van der Waals surface area contributed by atoms with E-state index in [1.54, 1.807) is 13.0 Å². The Labute approximate surface area is 157 Å². The number of aromatic nitrogens is 2. The van der Waals surface area contributed by atoms with Crippen LogP contribution in [0.4, 0.5) is 0 Å². The molecule has 1 aliphatic carbocycles. The van der Waals surface area contributed by atoms with Crippen molar-refractivity contribution in [2.75, 3.05) is 6.61 Å². The fourth-order valence-corrected chi connectivity index (χ4v) is 3.83. The highest BCUT2D eigenvalue weighted by Crippen LogP contribution is 2.31. The van der Waals surface area contributed by atoms with E-state index in [0.29, 0.717) is 28.1 Å². The van der Waals surface area contributed by atoms with Crippen molar-refractivity contribution < 1.29 is 14.4 Å². The third-order valence-electron chi connectivity index (χ3n) is 5.45. The molecule has 27 heavy (non-hydrogen) atoms. The highest BCUT2D eigenvalue weighted by Gasteiger charge is 2.35. The molecule has 2 N–H and O–H groups in total. The third kappa shape index (κ3) is 3.21. The minimum atomic E-state index is -0.540. The first kappa shape index (κ1) is 17.7. The smallest absolute Gasteiger partial charge is 0.259 e. The number of nitrogens with one attached hydrogen (secondary N) is 1. The van der Waals surface area contributed by atoms with Crippen molar-refractivity contribution in [1.82, 2.24) is 15.5 Å². The largest absolute Gasteiger partial charge is 0.394 e. The number of aryl methyl sites for hydroxylation is 2. The van der Waals surface area contributed by atoms with Gasteiger partial charge in [0.25, 0.3) is 11.6 Å². The fourth-order valence-electron chi connectivity index (χ4n) is 3.83. The number of amides is 1. The van der Waals surface area contributed by atoms with Crippen molar-refractivity contribution in [3.8, 4) is 11.3 Å². The number of benzene rings is 1. The van der Waals surface area contributed by atoms with Crippen LogP contribution < -0.4 is 5.32 Å². The quantitative estimate of drug-likeness (QED) is 0.738. The molecule has 1 fully saturated rings. The van der Waals surface area contributed by atoms with E-state index in [0.717, 1.165) is 36.8 Å². The molecule has 6 heteroatoms. The van der Waals surface area contributed by atoms with E-state index in [9.17, 15) is 9.90 Å².